The van der Waals surface area contributed by atoms with Crippen LogP contribution >= 0.6 is 23.1 Å². The molecule has 0 unspecified atom stereocenters. The molecule has 1 amide bonds. The Bertz CT molecular complexity index is 626. The number of thioether (sulfide) groups is 1. The highest BCUT2D eigenvalue weighted by atomic mass is 32.2. The first kappa shape index (κ1) is 13.6. The first-order valence-corrected chi connectivity index (χ1v) is 8.31. The van der Waals surface area contributed by atoms with Crippen molar-refractivity contribution < 1.29 is 9.18 Å². The largest absolute Gasteiger partial charge is 0.337 e. The molecule has 1 aromatic heterocycles. The van der Waals surface area contributed by atoms with Gasteiger partial charge in [0.05, 0.1) is 5.75 Å². The van der Waals surface area contributed by atoms with Gasteiger partial charge in [-0.15, -0.1) is 23.1 Å². The van der Waals surface area contributed by atoms with E-state index in [1.165, 1.54) is 28.3 Å². The third kappa shape index (κ3) is 2.88. The van der Waals surface area contributed by atoms with Crippen molar-refractivity contribution in [1.29, 1.82) is 0 Å². The van der Waals surface area contributed by atoms with Gasteiger partial charge < -0.3 is 4.90 Å². The van der Waals surface area contributed by atoms with Crippen LogP contribution in [0.4, 0.5) is 4.39 Å². The van der Waals surface area contributed by atoms with E-state index in [-0.39, 0.29) is 11.7 Å². The number of thiophene rings is 1. The lowest BCUT2D eigenvalue weighted by Crippen LogP contribution is -2.36. The summed E-state index contributed by atoms with van der Waals surface area (Å²) in [5.41, 5.74) is 1.26. The highest BCUT2D eigenvalue weighted by Crippen LogP contribution is 2.26. The van der Waals surface area contributed by atoms with Crippen molar-refractivity contribution in [3.8, 4) is 0 Å². The van der Waals surface area contributed by atoms with Gasteiger partial charge in [-0.25, -0.2) is 4.39 Å². The van der Waals surface area contributed by atoms with Crippen LogP contribution in [0.15, 0.2) is 40.6 Å². The van der Waals surface area contributed by atoms with Crippen molar-refractivity contribution in [2.24, 2.45) is 0 Å². The second-order valence-corrected chi connectivity index (χ2v) is 6.67. The Morgan fingerprint density at radius 2 is 2.20 bits per heavy atom. The molecular weight excluding hydrogens is 293 g/mol. The van der Waals surface area contributed by atoms with Crippen LogP contribution in [0, 0.1) is 5.82 Å². The van der Waals surface area contributed by atoms with Crippen LogP contribution in [-0.2, 0) is 17.8 Å². The molecule has 1 aliphatic heterocycles. The molecule has 0 spiro atoms. The lowest BCUT2D eigenvalue weighted by atomic mass is 10.1. The van der Waals surface area contributed by atoms with Gasteiger partial charge in [0.1, 0.15) is 5.82 Å². The minimum atomic E-state index is -0.260. The fourth-order valence-electron chi connectivity index (χ4n) is 2.25. The summed E-state index contributed by atoms with van der Waals surface area (Å²) in [6, 6.07) is 8.66. The molecular formula is C15H14FNOS2. The Hall–Kier alpha value is -1.33. The first-order chi connectivity index (χ1) is 9.74. The number of rotatable bonds is 3. The predicted octanol–water partition coefficient (Wildman–Crippen LogP) is 3.56. The van der Waals surface area contributed by atoms with Crippen molar-refractivity contribution in [2.75, 3.05) is 12.3 Å². The van der Waals surface area contributed by atoms with E-state index < -0.39 is 0 Å². The summed E-state index contributed by atoms with van der Waals surface area (Å²) in [6.07, 6.45) is 0.934. The van der Waals surface area contributed by atoms with Crippen molar-refractivity contribution in [3.63, 3.8) is 0 Å². The summed E-state index contributed by atoms with van der Waals surface area (Å²) in [7, 11) is 0. The van der Waals surface area contributed by atoms with E-state index in [1.807, 2.05) is 4.90 Å². The fraction of sp³-hybridized carbons (Fsp3) is 0.267. The van der Waals surface area contributed by atoms with Crippen LogP contribution in [0.2, 0.25) is 0 Å². The zero-order valence-corrected chi connectivity index (χ0v) is 12.5. The van der Waals surface area contributed by atoms with Crippen molar-refractivity contribution in [2.45, 2.75) is 17.9 Å². The number of hydrogen-bond donors (Lipinski definition) is 0. The van der Waals surface area contributed by atoms with Gasteiger partial charge in [-0.3, -0.25) is 4.79 Å². The predicted molar refractivity (Wildman–Crippen MR) is 80.6 cm³/mol. The monoisotopic (exact) mass is 307 g/mol. The molecule has 2 nitrogen and oxygen atoms in total. The van der Waals surface area contributed by atoms with Crippen LogP contribution in [0.3, 0.4) is 0 Å². The summed E-state index contributed by atoms with van der Waals surface area (Å²) in [5, 5.41) is 2.08. The molecule has 0 bridgehead atoms. The van der Waals surface area contributed by atoms with Crippen molar-refractivity contribution in [3.05, 3.63) is 52.0 Å². The quantitative estimate of drug-likeness (QED) is 0.808. The SMILES string of the molecule is O=C(CSc1ccccc1F)N1CCc2sccc2C1. The van der Waals surface area contributed by atoms with Crippen molar-refractivity contribution in [1.82, 2.24) is 4.90 Å². The molecule has 2 aromatic rings. The number of fused-ring (bicyclic) bond motifs is 1. The normalized spacial score (nSPS) is 14.2. The molecule has 3 rings (SSSR count). The first-order valence-electron chi connectivity index (χ1n) is 6.44. The van der Waals surface area contributed by atoms with Gasteiger partial charge in [-0.05, 0) is 35.6 Å². The lowest BCUT2D eigenvalue weighted by Gasteiger charge is -2.26. The second kappa shape index (κ2) is 5.97. The molecule has 20 heavy (non-hydrogen) atoms. The average Bonchev–Trinajstić information content (AvgIpc) is 2.93. The third-order valence-electron chi connectivity index (χ3n) is 3.35. The maximum absolute atomic E-state index is 13.5. The fourth-order valence-corrected chi connectivity index (χ4v) is 3.99. The standard InChI is InChI=1S/C15H14FNOS2/c16-12-3-1-2-4-14(12)20-10-15(18)17-7-5-13-11(9-17)6-8-19-13/h1-4,6,8H,5,7,9-10H2. The Kier molecular flexibility index (Phi) is 4.08. The van der Waals surface area contributed by atoms with Gasteiger partial charge in [-0.2, -0.15) is 0 Å². The van der Waals surface area contributed by atoms with E-state index in [4.69, 9.17) is 0 Å². The molecule has 0 aliphatic carbocycles. The molecule has 0 saturated carbocycles. The molecule has 0 saturated heterocycles. The lowest BCUT2D eigenvalue weighted by molar-refractivity contribution is -0.129. The van der Waals surface area contributed by atoms with E-state index in [1.54, 1.807) is 29.5 Å². The average molecular weight is 307 g/mol. The van der Waals surface area contributed by atoms with Gasteiger partial charge in [0.15, 0.2) is 0 Å². The molecule has 0 N–H and O–H groups in total. The second-order valence-electron chi connectivity index (χ2n) is 4.65. The number of benzene rings is 1. The van der Waals surface area contributed by atoms with Crippen LogP contribution in [0.25, 0.3) is 0 Å². The van der Waals surface area contributed by atoms with Crippen LogP contribution in [0.5, 0.6) is 0 Å². The van der Waals surface area contributed by atoms with Gasteiger partial charge in [0, 0.05) is 22.9 Å². The summed E-state index contributed by atoms with van der Waals surface area (Å²) < 4.78 is 13.5. The van der Waals surface area contributed by atoms with E-state index in [0.717, 1.165) is 13.0 Å². The van der Waals surface area contributed by atoms with Crippen LogP contribution in [0.1, 0.15) is 10.4 Å². The Morgan fingerprint density at radius 1 is 1.35 bits per heavy atom. The Labute approximate surface area is 125 Å². The molecule has 1 aliphatic rings. The summed E-state index contributed by atoms with van der Waals surface area (Å²) in [4.78, 5) is 16.0. The summed E-state index contributed by atoms with van der Waals surface area (Å²) >= 11 is 3.03. The number of carbonyl (C=O) groups excluding carboxylic acids is 1. The highest BCUT2D eigenvalue weighted by Gasteiger charge is 2.21. The maximum Gasteiger partial charge on any atom is 0.233 e. The molecule has 1 aromatic carbocycles. The maximum atomic E-state index is 13.5. The Morgan fingerprint density at radius 3 is 3.05 bits per heavy atom. The zero-order valence-electron chi connectivity index (χ0n) is 10.8. The van der Waals surface area contributed by atoms with Crippen LogP contribution < -0.4 is 0 Å². The zero-order chi connectivity index (χ0) is 13.9. The van der Waals surface area contributed by atoms with E-state index >= 15 is 0 Å². The Balaban J connectivity index is 1.59. The van der Waals surface area contributed by atoms with Gasteiger partial charge in [0.25, 0.3) is 0 Å². The minimum Gasteiger partial charge on any atom is -0.337 e. The number of amides is 1. The topological polar surface area (TPSA) is 20.3 Å². The van der Waals surface area contributed by atoms with E-state index in [0.29, 0.717) is 17.2 Å². The highest BCUT2D eigenvalue weighted by molar-refractivity contribution is 8.00. The third-order valence-corrected chi connectivity index (χ3v) is 5.40. The number of hydrogen-bond acceptors (Lipinski definition) is 3. The summed E-state index contributed by atoms with van der Waals surface area (Å²) in [5.74, 6) is 0.111. The van der Waals surface area contributed by atoms with E-state index in [9.17, 15) is 9.18 Å². The molecule has 0 fully saturated rings. The number of halogens is 1. The molecule has 5 heteroatoms. The summed E-state index contributed by atoms with van der Waals surface area (Å²) in [6.45, 7) is 1.46. The van der Waals surface area contributed by atoms with Gasteiger partial charge >= 0.3 is 0 Å². The van der Waals surface area contributed by atoms with E-state index in [2.05, 4.69) is 11.4 Å². The van der Waals surface area contributed by atoms with Crippen molar-refractivity contribution >= 4 is 29.0 Å². The number of carbonyl (C=O) groups is 1. The number of nitrogens with zero attached hydrogens (tertiary/aromatic N) is 1. The van der Waals surface area contributed by atoms with Gasteiger partial charge in [-0.1, -0.05) is 12.1 Å². The van der Waals surface area contributed by atoms with Gasteiger partial charge in [0.2, 0.25) is 5.91 Å². The molecule has 0 radical (unpaired) electrons. The molecule has 0 atom stereocenters. The van der Waals surface area contributed by atoms with Crippen LogP contribution in [-0.4, -0.2) is 23.1 Å². The minimum absolute atomic E-state index is 0.0788. The molecule has 104 valence electrons. The molecule has 2 heterocycles. The smallest absolute Gasteiger partial charge is 0.233 e.